The zero-order valence-electron chi connectivity index (χ0n) is 13.8. The molecule has 0 aliphatic heterocycles. The Kier molecular flexibility index (Phi) is 7.33. The molecule has 0 amide bonds. The molecule has 3 unspecified atom stereocenters. The second-order valence-corrected chi connectivity index (χ2v) is 8.12. The van der Waals surface area contributed by atoms with E-state index in [2.05, 4.69) is 18.5 Å². The minimum Gasteiger partial charge on any atom is -0.389 e. The molecule has 2 aliphatic rings. The van der Waals surface area contributed by atoms with Crippen LogP contribution in [0.25, 0.3) is 0 Å². The van der Waals surface area contributed by atoms with E-state index < -0.39 is 0 Å². The van der Waals surface area contributed by atoms with Gasteiger partial charge in [-0.25, -0.2) is 0 Å². The molecule has 4 heteroatoms. The van der Waals surface area contributed by atoms with Gasteiger partial charge in [-0.3, -0.25) is 0 Å². The molecule has 0 aromatic heterocycles. The van der Waals surface area contributed by atoms with Crippen molar-refractivity contribution in [2.24, 2.45) is 5.92 Å². The Bertz CT molecular complexity index is 291. The van der Waals surface area contributed by atoms with E-state index in [4.69, 9.17) is 4.74 Å². The highest BCUT2D eigenvalue weighted by Crippen LogP contribution is 2.42. The van der Waals surface area contributed by atoms with Gasteiger partial charge in [-0.1, -0.05) is 32.6 Å². The standard InChI is InChI=1S/C17H33NO2S/c1-3-14-7-4-5-8-16(14)20-12-15(19)11-18-13-17(21-2)9-6-10-17/h14-16,18-19H,3-13H2,1-2H3. The van der Waals surface area contributed by atoms with Crippen LogP contribution in [0.2, 0.25) is 0 Å². The summed E-state index contributed by atoms with van der Waals surface area (Å²) in [6, 6.07) is 0. The molecule has 0 heterocycles. The van der Waals surface area contributed by atoms with Crippen molar-refractivity contribution in [3.05, 3.63) is 0 Å². The fourth-order valence-corrected chi connectivity index (χ4v) is 4.59. The number of nitrogens with one attached hydrogen (secondary N) is 1. The fraction of sp³-hybridized carbons (Fsp3) is 1.00. The van der Waals surface area contributed by atoms with Crippen molar-refractivity contribution in [2.75, 3.05) is 26.0 Å². The molecule has 2 rings (SSSR count). The number of aliphatic hydroxyl groups excluding tert-OH is 1. The average Bonchev–Trinajstić information content (AvgIpc) is 2.48. The van der Waals surface area contributed by atoms with Crippen molar-refractivity contribution in [2.45, 2.75) is 75.2 Å². The molecule has 3 nitrogen and oxygen atoms in total. The van der Waals surface area contributed by atoms with Crippen molar-refractivity contribution in [1.82, 2.24) is 5.32 Å². The summed E-state index contributed by atoms with van der Waals surface area (Å²) in [6.07, 6.45) is 12.5. The van der Waals surface area contributed by atoms with Crippen LogP contribution in [0.1, 0.15) is 58.3 Å². The van der Waals surface area contributed by atoms with Gasteiger partial charge in [-0.05, 0) is 37.9 Å². The SMILES string of the molecule is CCC1CCCCC1OCC(O)CNCC1(SC)CCC1. The predicted octanol–water partition coefficient (Wildman–Crippen LogP) is 3.21. The van der Waals surface area contributed by atoms with Crippen LogP contribution in [0.3, 0.4) is 0 Å². The highest BCUT2D eigenvalue weighted by Gasteiger charge is 2.35. The van der Waals surface area contributed by atoms with E-state index in [-0.39, 0.29) is 6.10 Å². The molecule has 2 aliphatic carbocycles. The maximum Gasteiger partial charge on any atom is 0.0897 e. The molecule has 0 aromatic rings. The Balaban J connectivity index is 1.59. The van der Waals surface area contributed by atoms with E-state index >= 15 is 0 Å². The van der Waals surface area contributed by atoms with E-state index in [9.17, 15) is 5.11 Å². The maximum atomic E-state index is 10.1. The number of hydrogen-bond acceptors (Lipinski definition) is 4. The molecule has 0 radical (unpaired) electrons. The Labute approximate surface area is 134 Å². The lowest BCUT2D eigenvalue weighted by Crippen LogP contribution is -2.45. The van der Waals surface area contributed by atoms with Crippen LogP contribution in [0.5, 0.6) is 0 Å². The summed E-state index contributed by atoms with van der Waals surface area (Å²) >= 11 is 1.97. The monoisotopic (exact) mass is 315 g/mol. The lowest BCUT2D eigenvalue weighted by molar-refractivity contribution is -0.0500. The number of rotatable bonds is 9. The van der Waals surface area contributed by atoms with Crippen LogP contribution in [-0.2, 0) is 4.74 Å². The topological polar surface area (TPSA) is 41.5 Å². The van der Waals surface area contributed by atoms with Gasteiger partial charge < -0.3 is 15.2 Å². The zero-order valence-corrected chi connectivity index (χ0v) is 14.6. The van der Waals surface area contributed by atoms with E-state index in [0.717, 1.165) is 6.54 Å². The molecule has 0 saturated heterocycles. The molecule has 3 atom stereocenters. The van der Waals surface area contributed by atoms with Gasteiger partial charge >= 0.3 is 0 Å². The Morgan fingerprint density at radius 3 is 2.67 bits per heavy atom. The van der Waals surface area contributed by atoms with E-state index in [1.165, 1.54) is 51.4 Å². The van der Waals surface area contributed by atoms with Crippen molar-refractivity contribution < 1.29 is 9.84 Å². The summed E-state index contributed by atoms with van der Waals surface area (Å²) in [5.41, 5.74) is 0. The molecule has 0 bridgehead atoms. The number of hydrogen-bond donors (Lipinski definition) is 2. The third-order valence-electron chi connectivity index (χ3n) is 5.39. The number of thioether (sulfide) groups is 1. The molecule has 2 fully saturated rings. The third-order valence-corrected chi connectivity index (χ3v) is 6.81. The summed E-state index contributed by atoms with van der Waals surface area (Å²) in [4.78, 5) is 0. The normalized spacial score (nSPS) is 29.9. The molecular formula is C17H33NO2S. The molecule has 2 saturated carbocycles. The highest BCUT2D eigenvalue weighted by atomic mass is 32.2. The van der Waals surface area contributed by atoms with Crippen LogP contribution in [0.15, 0.2) is 0 Å². The summed E-state index contributed by atoms with van der Waals surface area (Å²) in [6.45, 7) is 4.42. The lowest BCUT2D eigenvalue weighted by atomic mass is 9.84. The molecular weight excluding hydrogens is 282 g/mol. The van der Waals surface area contributed by atoms with Crippen molar-refractivity contribution in [3.63, 3.8) is 0 Å². The van der Waals surface area contributed by atoms with E-state index in [1.54, 1.807) is 0 Å². The molecule has 0 spiro atoms. The Morgan fingerprint density at radius 1 is 1.29 bits per heavy atom. The molecule has 0 aromatic carbocycles. The van der Waals surface area contributed by atoms with Crippen LogP contribution >= 0.6 is 11.8 Å². The van der Waals surface area contributed by atoms with Crippen molar-refractivity contribution in [3.8, 4) is 0 Å². The van der Waals surface area contributed by atoms with Crippen LogP contribution in [-0.4, -0.2) is 48.0 Å². The first-order chi connectivity index (χ1) is 10.2. The van der Waals surface area contributed by atoms with Crippen molar-refractivity contribution >= 4 is 11.8 Å². The van der Waals surface area contributed by atoms with Gasteiger partial charge in [-0.15, -0.1) is 0 Å². The van der Waals surface area contributed by atoms with Gasteiger partial charge in [-0.2, -0.15) is 11.8 Å². The van der Waals surface area contributed by atoms with Crippen molar-refractivity contribution in [1.29, 1.82) is 0 Å². The highest BCUT2D eigenvalue weighted by molar-refractivity contribution is 8.00. The van der Waals surface area contributed by atoms with Crippen LogP contribution in [0, 0.1) is 5.92 Å². The summed E-state index contributed by atoms with van der Waals surface area (Å²) in [5.74, 6) is 0.702. The minimum atomic E-state index is -0.372. The van der Waals surface area contributed by atoms with Crippen LogP contribution < -0.4 is 5.32 Å². The van der Waals surface area contributed by atoms with E-state index in [0.29, 0.717) is 29.9 Å². The smallest absolute Gasteiger partial charge is 0.0897 e. The van der Waals surface area contributed by atoms with Gasteiger partial charge in [0.15, 0.2) is 0 Å². The molecule has 2 N–H and O–H groups in total. The minimum absolute atomic E-state index is 0.372. The van der Waals surface area contributed by atoms with Gasteiger partial charge in [0.1, 0.15) is 0 Å². The second kappa shape index (κ2) is 8.76. The molecule has 124 valence electrons. The summed E-state index contributed by atoms with van der Waals surface area (Å²) < 4.78 is 6.44. The van der Waals surface area contributed by atoms with Crippen LogP contribution in [0.4, 0.5) is 0 Å². The Hall–Kier alpha value is 0.230. The number of ether oxygens (including phenoxy) is 1. The predicted molar refractivity (Wildman–Crippen MR) is 91.0 cm³/mol. The second-order valence-electron chi connectivity index (χ2n) is 6.85. The largest absolute Gasteiger partial charge is 0.389 e. The van der Waals surface area contributed by atoms with Gasteiger partial charge in [0.05, 0.1) is 18.8 Å². The average molecular weight is 316 g/mol. The quantitative estimate of drug-likeness (QED) is 0.685. The van der Waals surface area contributed by atoms with E-state index in [1.807, 2.05) is 11.8 Å². The Morgan fingerprint density at radius 2 is 2.05 bits per heavy atom. The maximum absolute atomic E-state index is 10.1. The number of aliphatic hydroxyl groups is 1. The van der Waals surface area contributed by atoms with Gasteiger partial charge in [0, 0.05) is 17.8 Å². The summed E-state index contributed by atoms with van der Waals surface area (Å²) in [7, 11) is 0. The summed E-state index contributed by atoms with van der Waals surface area (Å²) in [5, 5.41) is 13.5. The lowest BCUT2D eigenvalue weighted by Gasteiger charge is -2.40. The van der Waals surface area contributed by atoms with Gasteiger partial charge in [0.2, 0.25) is 0 Å². The third kappa shape index (κ3) is 5.12. The first-order valence-corrected chi connectivity index (χ1v) is 9.97. The zero-order chi connectivity index (χ0) is 15.1. The first-order valence-electron chi connectivity index (χ1n) is 8.74. The first kappa shape index (κ1) is 17.6. The molecule has 21 heavy (non-hydrogen) atoms. The van der Waals surface area contributed by atoms with Gasteiger partial charge in [0.25, 0.3) is 0 Å². The fourth-order valence-electron chi connectivity index (χ4n) is 3.64.